The summed E-state index contributed by atoms with van der Waals surface area (Å²) in [6.07, 6.45) is 2.20. The average molecular weight is 363 g/mol. The fraction of sp³-hybridized carbons (Fsp3) is 0.526. The normalized spacial score (nSPS) is 14.7. The van der Waals surface area contributed by atoms with E-state index in [1.165, 1.54) is 17.7 Å². The number of nitrogens with zero attached hydrogens (tertiary/aromatic N) is 3. The van der Waals surface area contributed by atoms with Crippen LogP contribution in [0.25, 0.3) is 5.69 Å². The molecule has 0 fully saturated rings. The van der Waals surface area contributed by atoms with Crippen LogP contribution in [0.15, 0.2) is 24.3 Å². The van der Waals surface area contributed by atoms with Crippen LogP contribution in [0.1, 0.15) is 30.3 Å². The molecule has 0 saturated carbocycles. The highest BCUT2D eigenvalue weighted by atomic mass is 35.5. The van der Waals surface area contributed by atoms with Crippen molar-refractivity contribution in [3.63, 3.8) is 0 Å². The fourth-order valence-electron chi connectivity index (χ4n) is 3.39. The number of fused-ring (bicyclic) bond motifs is 1. The molecule has 1 aromatic heterocycles. The van der Waals surface area contributed by atoms with Gasteiger partial charge in [0.05, 0.1) is 23.7 Å². The standard InChI is InChI=1S/C19H27ClN4O/c1-3-9-23-10-7-19-17(14-23)18(13-21-8-11-25-2)22-24(19)16-6-4-5-15(20)12-16/h4-6,12,21H,3,7-11,13-14H2,1-2H3. The van der Waals surface area contributed by atoms with Gasteiger partial charge in [-0.05, 0) is 31.2 Å². The Morgan fingerprint density at radius 3 is 3.00 bits per heavy atom. The van der Waals surface area contributed by atoms with E-state index in [-0.39, 0.29) is 0 Å². The number of methoxy groups -OCH3 is 1. The molecule has 1 N–H and O–H groups in total. The smallest absolute Gasteiger partial charge is 0.0814 e. The first-order chi connectivity index (χ1) is 12.2. The summed E-state index contributed by atoms with van der Waals surface area (Å²) in [4.78, 5) is 2.52. The van der Waals surface area contributed by atoms with Crippen LogP contribution in [0, 0.1) is 0 Å². The Morgan fingerprint density at radius 2 is 2.24 bits per heavy atom. The summed E-state index contributed by atoms with van der Waals surface area (Å²) < 4.78 is 7.20. The monoisotopic (exact) mass is 362 g/mol. The number of benzene rings is 1. The molecule has 6 heteroatoms. The van der Waals surface area contributed by atoms with Crippen LogP contribution in [0.4, 0.5) is 0 Å². The zero-order valence-corrected chi connectivity index (χ0v) is 15.9. The third-order valence-corrected chi connectivity index (χ3v) is 4.82. The van der Waals surface area contributed by atoms with Gasteiger partial charge in [-0.25, -0.2) is 4.68 Å². The first-order valence-corrected chi connectivity index (χ1v) is 9.38. The molecular formula is C19H27ClN4O. The lowest BCUT2D eigenvalue weighted by molar-refractivity contribution is 0.199. The lowest BCUT2D eigenvalue weighted by Gasteiger charge is -2.27. The van der Waals surface area contributed by atoms with E-state index in [4.69, 9.17) is 21.4 Å². The van der Waals surface area contributed by atoms with E-state index in [1.807, 2.05) is 18.2 Å². The molecule has 0 aliphatic carbocycles. The number of rotatable bonds is 8. The highest BCUT2D eigenvalue weighted by molar-refractivity contribution is 6.30. The SMILES string of the molecule is CCCN1CCc2c(c(CNCCOC)nn2-c2cccc(Cl)c2)C1. The van der Waals surface area contributed by atoms with Crippen molar-refractivity contribution in [1.29, 1.82) is 0 Å². The number of hydrogen-bond acceptors (Lipinski definition) is 4. The molecule has 3 rings (SSSR count). The zero-order valence-electron chi connectivity index (χ0n) is 15.1. The van der Waals surface area contributed by atoms with Gasteiger partial charge in [-0.2, -0.15) is 5.10 Å². The molecule has 0 spiro atoms. The van der Waals surface area contributed by atoms with E-state index < -0.39 is 0 Å². The third-order valence-electron chi connectivity index (χ3n) is 4.59. The summed E-state index contributed by atoms with van der Waals surface area (Å²) in [6, 6.07) is 7.93. The van der Waals surface area contributed by atoms with Crippen LogP contribution in [-0.4, -0.2) is 48.0 Å². The molecule has 1 aliphatic rings. The molecule has 2 heterocycles. The maximum absolute atomic E-state index is 6.19. The van der Waals surface area contributed by atoms with Gasteiger partial charge in [0.15, 0.2) is 0 Å². The van der Waals surface area contributed by atoms with Crippen molar-refractivity contribution in [3.8, 4) is 5.69 Å². The maximum atomic E-state index is 6.19. The van der Waals surface area contributed by atoms with Crippen LogP contribution in [0.3, 0.4) is 0 Å². The molecule has 0 saturated heterocycles. The van der Waals surface area contributed by atoms with Crippen LogP contribution in [0.5, 0.6) is 0 Å². The van der Waals surface area contributed by atoms with E-state index in [2.05, 4.69) is 27.9 Å². The van der Waals surface area contributed by atoms with Crippen molar-refractivity contribution in [2.24, 2.45) is 0 Å². The fourth-order valence-corrected chi connectivity index (χ4v) is 3.58. The predicted octanol–water partition coefficient (Wildman–Crippen LogP) is 3.03. The Kier molecular flexibility index (Phi) is 6.48. The molecule has 0 radical (unpaired) electrons. The second-order valence-corrected chi connectivity index (χ2v) is 6.90. The number of aromatic nitrogens is 2. The van der Waals surface area contributed by atoms with Crippen molar-refractivity contribution in [1.82, 2.24) is 20.0 Å². The van der Waals surface area contributed by atoms with Gasteiger partial charge < -0.3 is 10.1 Å². The Morgan fingerprint density at radius 1 is 1.36 bits per heavy atom. The van der Waals surface area contributed by atoms with Gasteiger partial charge in [0.2, 0.25) is 0 Å². The van der Waals surface area contributed by atoms with Gasteiger partial charge in [0.1, 0.15) is 0 Å². The van der Waals surface area contributed by atoms with Crippen LogP contribution >= 0.6 is 11.6 Å². The van der Waals surface area contributed by atoms with Gasteiger partial charge in [-0.15, -0.1) is 0 Å². The lowest BCUT2D eigenvalue weighted by Crippen LogP contribution is -2.32. The quantitative estimate of drug-likeness (QED) is 0.733. The number of hydrogen-bond donors (Lipinski definition) is 1. The van der Waals surface area contributed by atoms with Crippen LogP contribution in [-0.2, 0) is 24.2 Å². The van der Waals surface area contributed by atoms with Gasteiger partial charge in [0.25, 0.3) is 0 Å². The van der Waals surface area contributed by atoms with E-state index in [1.54, 1.807) is 7.11 Å². The van der Waals surface area contributed by atoms with Crippen molar-refractivity contribution in [3.05, 3.63) is 46.2 Å². The Labute approximate surface area is 154 Å². The molecule has 136 valence electrons. The second-order valence-electron chi connectivity index (χ2n) is 6.46. The molecule has 1 aromatic carbocycles. The lowest BCUT2D eigenvalue weighted by atomic mass is 10.0. The van der Waals surface area contributed by atoms with Gasteiger partial charge in [-0.1, -0.05) is 24.6 Å². The van der Waals surface area contributed by atoms with Gasteiger partial charge >= 0.3 is 0 Å². The molecular weight excluding hydrogens is 336 g/mol. The van der Waals surface area contributed by atoms with Crippen molar-refractivity contribution < 1.29 is 4.74 Å². The van der Waals surface area contributed by atoms with Crippen LogP contribution in [0.2, 0.25) is 5.02 Å². The maximum Gasteiger partial charge on any atom is 0.0814 e. The Hall–Kier alpha value is -1.40. The minimum atomic E-state index is 0.707. The molecule has 0 atom stereocenters. The highest BCUT2D eigenvalue weighted by Crippen LogP contribution is 2.26. The molecule has 2 aromatic rings. The minimum absolute atomic E-state index is 0.707. The topological polar surface area (TPSA) is 42.3 Å². The molecule has 5 nitrogen and oxygen atoms in total. The average Bonchev–Trinajstić information content (AvgIpc) is 2.97. The first kappa shape index (κ1) is 18.4. The number of nitrogens with one attached hydrogen (secondary N) is 1. The zero-order chi connectivity index (χ0) is 17.6. The molecule has 0 unspecified atom stereocenters. The molecule has 1 aliphatic heterocycles. The van der Waals surface area contributed by atoms with E-state index >= 15 is 0 Å². The summed E-state index contributed by atoms with van der Waals surface area (Å²) >= 11 is 6.19. The molecule has 0 bridgehead atoms. The summed E-state index contributed by atoms with van der Waals surface area (Å²) in [5, 5.41) is 9.09. The second kappa shape index (κ2) is 8.81. The summed E-state index contributed by atoms with van der Waals surface area (Å²) in [6.45, 7) is 7.73. The first-order valence-electron chi connectivity index (χ1n) is 9.00. The van der Waals surface area contributed by atoms with E-state index in [0.717, 1.165) is 55.5 Å². The molecule has 0 amide bonds. The van der Waals surface area contributed by atoms with Gasteiger partial charge in [0, 0.05) is 50.3 Å². The van der Waals surface area contributed by atoms with Crippen LogP contribution < -0.4 is 5.32 Å². The van der Waals surface area contributed by atoms with Crippen molar-refractivity contribution in [2.45, 2.75) is 32.9 Å². The van der Waals surface area contributed by atoms with Gasteiger partial charge in [-0.3, -0.25) is 4.90 Å². The predicted molar refractivity (Wildman–Crippen MR) is 101 cm³/mol. The summed E-state index contributed by atoms with van der Waals surface area (Å²) in [5.74, 6) is 0. The van der Waals surface area contributed by atoms with E-state index in [0.29, 0.717) is 6.61 Å². The largest absolute Gasteiger partial charge is 0.383 e. The number of halogens is 1. The van der Waals surface area contributed by atoms with Crippen molar-refractivity contribution >= 4 is 11.6 Å². The molecule has 25 heavy (non-hydrogen) atoms. The minimum Gasteiger partial charge on any atom is -0.383 e. The Balaban J connectivity index is 1.89. The Bertz CT molecular complexity index is 701. The highest BCUT2D eigenvalue weighted by Gasteiger charge is 2.25. The third kappa shape index (κ3) is 4.42. The van der Waals surface area contributed by atoms with Crippen molar-refractivity contribution in [2.75, 3.05) is 33.4 Å². The number of ether oxygens (including phenoxy) is 1. The summed E-state index contributed by atoms with van der Waals surface area (Å²) in [7, 11) is 1.72. The van der Waals surface area contributed by atoms with E-state index in [9.17, 15) is 0 Å². The summed E-state index contributed by atoms with van der Waals surface area (Å²) in [5.41, 5.74) is 4.85.